The molecular weight excluding hydrogens is 238 g/mol. The number of aryl methyl sites for hydroxylation is 1. The lowest BCUT2D eigenvalue weighted by Gasteiger charge is -2.07. The summed E-state index contributed by atoms with van der Waals surface area (Å²) in [7, 11) is 0. The van der Waals surface area contributed by atoms with Gasteiger partial charge in [-0.15, -0.1) is 6.42 Å². The predicted octanol–water partition coefficient (Wildman–Crippen LogP) is 2.93. The highest BCUT2D eigenvalue weighted by atomic mass is 16.3. The summed E-state index contributed by atoms with van der Waals surface area (Å²) in [6.07, 6.45) is 5.30. The molecule has 2 N–H and O–H groups in total. The molecule has 0 spiro atoms. The standard InChI is InChI=1S/C16H13NO2/c1-3-12-5-4-6-14(9-12)17-16(19)13-8-7-11(2)15(18)10-13/h1,4-10,18H,2H3,(H,17,19). The van der Waals surface area contributed by atoms with Crippen LogP contribution in [0.25, 0.3) is 0 Å². The van der Waals surface area contributed by atoms with Crippen molar-refractivity contribution in [2.24, 2.45) is 0 Å². The molecule has 0 fully saturated rings. The minimum Gasteiger partial charge on any atom is -0.508 e. The highest BCUT2D eigenvalue weighted by Gasteiger charge is 2.08. The maximum Gasteiger partial charge on any atom is 0.255 e. The number of amides is 1. The molecule has 0 saturated carbocycles. The normalized spacial score (nSPS) is 9.68. The van der Waals surface area contributed by atoms with Gasteiger partial charge in [0.05, 0.1) is 0 Å². The molecule has 0 radical (unpaired) electrons. The molecule has 2 rings (SSSR count). The molecule has 0 bridgehead atoms. The smallest absolute Gasteiger partial charge is 0.255 e. The fourth-order valence-electron chi connectivity index (χ4n) is 1.64. The van der Waals surface area contributed by atoms with Gasteiger partial charge in [0, 0.05) is 16.8 Å². The SMILES string of the molecule is C#Cc1cccc(NC(=O)c2ccc(C)c(O)c2)c1. The van der Waals surface area contributed by atoms with Gasteiger partial charge in [-0.1, -0.05) is 18.1 Å². The Balaban J connectivity index is 2.21. The van der Waals surface area contributed by atoms with Crippen molar-refractivity contribution in [3.8, 4) is 18.1 Å². The van der Waals surface area contributed by atoms with Crippen LogP contribution in [0, 0.1) is 19.3 Å². The Bertz CT molecular complexity index is 669. The maximum absolute atomic E-state index is 12.0. The first-order chi connectivity index (χ1) is 9.10. The summed E-state index contributed by atoms with van der Waals surface area (Å²) in [6, 6.07) is 11.8. The first kappa shape index (κ1) is 12.7. The number of rotatable bonds is 2. The van der Waals surface area contributed by atoms with Crippen LogP contribution in [0.15, 0.2) is 42.5 Å². The molecule has 0 aliphatic carbocycles. The van der Waals surface area contributed by atoms with E-state index in [1.165, 1.54) is 6.07 Å². The van der Waals surface area contributed by atoms with Gasteiger partial charge in [-0.3, -0.25) is 4.79 Å². The highest BCUT2D eigenvalue weighted by molar-refractivity contribution is 6.04. The summed E-state index contributed by atoms with van der Waals surface area (Å²) in [6.45, 7) is 1.77. The predicted molar refractivity (Wildman–Crippen MR) is 75.2 cm³/mol. The molecule has 0 aliphatic rings. The Morgan fingerprint density at radius 3 is 2.74 bits per heavy atom. The van der Waals surface area contributed by atoms with E-state index in [0.717, 1.165) is 5.56 Å². The zero-order chi connectivity index (χ0) is 13.8. The third-order valence-corrected chi connectivity index (χ3v) is 2.76. The second-order valence-electron chi connectivity index (χ2n) is 4.18. The zero-order valence-corrected chi connectivity index (χ0v) is 10.5. The van der Waals surface area contributed by atoms with Crippen molar-refractivity contribution >= 4 is 11.6 Å². The largest absolute Gasteiger partial charge is 0.508 e. The van der Waals surface area contributed by atoms with Gasteiger partial charge in [0.1, 0.15) is 5.75 Å². The van der Waals surface area contributed by atoms with E-state index in [2.05, 4.69) is 11.2 Å². The lowest BCUT2D eigenvalue weighted by atomic mass is 10.1. The van der Waals surface area contributed by atoms with Crippen molar-refractivity contribution in [2.45, 2.75) is 6.92 Å². The molecule has 0 aromatic heterocycles. The van der Waals surface area contributed by atoms with Crippen molar-refractivity contribution in [1.29, 1.82) is 0 Å². The van der Waals surface area contributed by atoms with Gasteiger partial charge in [-0.25, -0.2) is 0 Å². The van der Waals surface area contributed by atoms with Gasteiger partial charge in [0.25, 0.3) is 5.91 Å². The summed E-state index contributed by atoms with van der Waals surface area (Å²) in [5.41, 5.74) is 2.45. The average molecular weight is 251 g/mol. The molecule has 19 heavy (non-hydrogen) atoms. The van der Waals surface area contributed by atoms with Gasteiger partial charge in [-0.2, -0.15) is 0 Å². The number of carbonyl (C=O) groups is 1. The minimum absolute atomic E-state index is 0.102. The van der Waals surface area contributed by atoms with Crippen LogP contribution in [0.5, 0.6) is 5.75 Å². The molecule has 1 amide bonds. The van der Waals surface area contributed by atoms with Crippen molar-refractivity contribution in [1.82, 2.24) is 0 Å². The average Bonchev–Trinajstić information content (AvgIpc) is 2.42. The number of anilines is 1. The first-order valence-electron chi connectivity index (χ1n) is 5.78. The zero-order valence-electron chi connectivity index (χ0n) is 10.5. The number of carbonyl (C=O) groups excluding carboxylic acids is 1. The molecule has 2 aromatic carbocycles. The van der Waals surface area contributed by atoms with Gasteiger partial charge in [0.15, 0.2) is 0 Å². The number of terminal acetylenes is 1. The van der Waals surface area contributed by atoms with E-state index in [9.17, 15) is 9.90 Å². The molecular formula is C16H13NO2. The van der Waals surface area contributed by atoms with E-state index in [1.54, 1.807) is 43.3 Å². The van der Waals surface area contributed by atoms with Crippen LogP contribution >= 0.6 is 0 Å². The molecule has 3 nitrogen and oxygen atoms in total. The Kier molecular flexibility index (Phi) is 3.53. The summed E-state index contributed by atoms with van der Waals surface area (Å²) in [5, 5.41) is 12.3. The molecule has 0 saturated heterocycles. The van der Waals surface area contributed by atoms with Crippen LogP contribution in [0.1, 0.15) is 21.5 Å². The molecule has 0 aliphatic heterocycles. The van der Waals surface area contributed by atoms with Crippen LogP contribution in [0.4, 0.5) is 5.69 Å². The second-order valence-corrected chi connectivity index (χ2v) is 4.18. The number of phenols is 1. The topological polar surface area (TPSA) is 49.3 Å². The van der Waals surface area contributed by atoms with Crippen LogP contribution in [-0.4, -0.2) is 11.0 Å². The quantitative estimate of drug-likeness (QED) is 0.806. The lowest BCUT2D eigenvalue weighted by Crippen LogP contribution is -2.11. The van der Waals surface area contributed by atoms with Crippen molar-refractivity contribution < 1.29 is 9.90 Å². The van der Waals surface area contributed by atoms with E-state index in [-0.39, 0.29) is 11.7 Å². The molecule has 0 heterocycles. The van der Waals surface area contributed by atoms with Crippen molar-refractivity contribution in [3.05, 3.63) is 59.2 Å². The number of nitrogens with one attached hydrogen (secondary N) is 1. The van der Waals surface area contributed by atoms with Gasteiger partial charge >= 0.3 is 0 Å². The number of phenolic OH excluding ortho intramolecular Hbond substituents is 1. The summed E-state index contributed by atoms with van der Waals surface area (Å²) >= 11 is 0. The van der Waals surface area contributed by atoms with Gasteiger partial charge in [0.2, 0.25) is 0 Å². The van der Waals surface area contributed by atoms with Crippen LogP contribution in [-0.2, 0) is 0 Å². The minimum atomic E-state index is -0.288. The lowest BCUT2D eigenvalue weighted by molar-refractivity contribution is 0.102. The van der Waals surface area contributed by atoms with E-state index in [4.69, 9.17) is 6.42 Å². The monoisotopic (exact) mass is 251 g/mol. The first-order valence-corrected chi connectivity index (χ1v) is 5.78. The molecule has 0 atom stereocenters. The number of benzene rings is 2. The third kappa shape index (κ3) is 2.93. The fraction of sp³-hybridized carbons (Fsp3) is 0.0625. The molecule has 2 aromatic rings. The van der Waals surface area contributed by atoms with Crippen LogP contribution in [0.2, 0.25) is 0 Å². The Labute approximate surface area is 111 Å². The van der Waals surface area contributed by atoms with Gasteiger partial charge in [-0.05, 0) is 42.8 Å². The van der Waals surface area contributed by atoms with Crippen LogP contribution < -0.4 is 5.32 Å². The Morgan fingerprint density at radius 2 is 2.05 bits per heavy atom. The number of hydrogen-bond acceptors (Lipinski definition) is 2. The van der Waals surface area contributed by atoms with E-state index in [0.29, 0.717) is 16.8 Å². The maximum atomic E-state index is 12.0. The highest BCUT2D eigenvalue weighted by Crippen LogP contribution is 2.18. The van der Waals surface area contributed by atoms with E-state index < -0.39 is 0 Å². The fourth-order valence-corrected chi connectivity index (χ4v) is 1.64. The van der Waals surface area contributed by atoms with Crippen molar-refractivity contribution in [3.63, 3.8) is 0 Å². The molecule has 0 unspecified atom stereocenters. The van der Waals surface area contributed by atoms with E-state index in [1.807, 2.05) is 0 Å². The summed E-state index contributed by atoms with van der Waals surface area (Å²) < 4.78 is 0. The van der Waals surface area contributed by atoms with E-state index >= 15 is 0 Å². The van der Waals surface area contributed by atoms with Crippen LogP contribution in [0.3, 0.4) is 0 Å². The number of hydrogen-bond donors (Lipinski definition) is 2. The van der Waals surface area contributed by atoms with Crippen molar-refractivity contribution in [2.75, 3.05) is 5.32 Å². The third-order valence-electron chi connectivity index (χ3n) is 2.76. The molecule has 3 heteroatoms. The second kappa shape index (κ2) is 5.28. The van der Waals surface area contributed by atoms with Gasteiger partial charge < -0.3 is 10.4 Å². The summed E-state index contributed by atoms with van der Waals surface area (Å²) in [5.74, 6) is 2.32. The Hall–Kier alpha value is -2.73. The number of aromatic hydroxyl groups is 1. The Morgan fingerprint density at radius 1 is 1.26 bits per heavy atom. The molecule has 94 valence electrons. The summed E-state index contributed by atoms with van der Waals surface area (Å²) in [4.78, 5) is 12.0.